The van der Waals surface area contributed by atoms with Crippen LogP contribution in [0.15, 0.2) is 29.3 Å². The second kappa shape index (κ2) is 13.2. The molecule has 0 aromatic heterocycles. The van der Waals surface area contributed by atoms with Crippen molar-refractivity contribution in [1.29, 1.82) is 0 Å². The molecule has 2 heteroatoms. The van der Waals surface area contributed by atoms with Gasteiger partial charge in [0.25, 0.3) is 0 Å². The van der Waals surface area contributed by atoms with Crippen molar-refractivity contribution in [3.63, 3.8) is 0 Å². The van der Waals surface area contributed by atoms with Crippen molar-refractivity contribution in [2.75, 3.05) is 25.5 Å². The smallest absolute Gasteiger partial charge is 0.0389 e. The molecule has 23 heavy (non-hydrogen) atoms. The molecule has 2 nitrogen and oxygen atoms in total. The molecule has 0 radical (unpaired) electrons. The minimum Gasteiger partial charge on any atom is -0.378 e. The third-order valence-corrected chi connectivity index (χ3v) is 4.29. The van der Waals surface area contributed by atoms with Crippen molar-refractivity contribution in [3.8, 4) is 0 Å². The van der Waals surface area contributed by atoms with Gasteiger partial charge >= 0.3 is 0 Å². The minimum absolute atomic E-state index is 0.964. The van der Waals surface area contributed by atoms with Crippen LogP contribution in [0, 0.1) is 0 Å². The van der Waals surface area contributed by atoms with Crippen LogP contribution in [0.5, 0.6) is 0 Å². The Kier molecular flexibility index (Phi) is 11.3. The SMILES string of the molecule is CCCCCCCCCCCC/N=C/c1ccc(N(C)C)cc1. The lowest BCUT2D eigenvalue weighted by molar-refractivity contribution is 0.558. The van der Waals surface area contributed by atoms with E-state index in [4.69, 9.17) is 0 Å². The molecule has 0 aliphatic rings. The highest BCUT2D eigenvalue weighted by molar-refractivity contribution is 5.80. The predicted octanol–water partition coefficient (Wildman–Crippen LogP) is 6.09. The second-order valence-corrected chi connectivity index (χ2v) is 6.70. The third-order valence-electron chi connectivity index (χ3n) is 4.29. The van der Waals surface area contributed by atoms with Gasteiger partial charge in [-0.3, -0.25) is 4.99 Å². The van der Waals surface area contributed by atoms with Crippen molar-refractivity contribution in [2.24, 2.45) is 4.99 Å². The Hall–Kier alpha value is -1.31. The summed E-state index contributed by atoms with van der Waals surface area (Å²) in [6.45, 7) is 3.24. The summed E-state index contributed by atoms with van der Waals surface area (Å²) in [7, 11) is 4.13. The van der Waals surface area contributed by atoms with Gasteiger partial charge in [0.15, 0.2) is 0 Å². The summed E-state index contributed by atoms with van der Waals surface area (Å²) >= 11 is 0. The fraction of sp³-hybridized carbons (Fsp3) is 0.667. The fourth-order valence-corrected chi connectivity index (χ4v) is 2.72. The van der Waals surface area contributed by atoms with Crippen LogP contribution in [-0.4, -0.2) is 26.9 Å². The molecule has 0 unspecified atom stereocenters. The van der Waals surface area contributed by atoms with E-state index >= 15 is 0 Å². The van der Waals surface area contributed by atoms with E-state index in [0.717, 1.165) is 6.54 Å². The zero-order chi connectivity index (χ0) is 16.8. The lowest BCUT2D eigenvalue weighted by atomic mass is 10.1. The highest BCUT2D eigenvalue weighted by Crippen LogP contribution is 2.12. The lowest BCUT2D eigenvalue weighted by Crippen LogP contribution is -2.08. The molecular weight excluding hydrogens is 280 g/mol. The maximum atomic E-state index is 4.55. The molecule has 1 aromatic rings. The normalized spacial score (nSPS) is 11.3. The van der Waals surface area contributed by atoms with Gasteiger partial charge in [0, 0.05) is 32.5 Å². The summed E-state index contributed by atoms with van der Waals surface area (Å²) in [6.07, 6.45) is 15.8. The number of hydrogen-bond donors (Lipinski definition) is 0. The average molecular weight is 317 g/mol. The molecule has 1 aromatic carbocycles. The van der Waals surface area contributed by atoms with Gasteiger partial charge in [-0.25, -0.2) is 0 Å². The molecular formula is C21H36N2. The molecule has 130 valence electrons. The van der Waals surface area contributed by atoms with Crippen molar-refractivity contribution in [1.82, 2.24) is 0 Å². The number of aliphatic imine (C=N–C) groups is 1. The number of nitrogens with zero attached hydrogens (tertiary/aromatic N) is 2. The highest BCUT2D eigenvalue weighted by atomic mass is 15.1. The monoisotopic (exact) mass is 316 g/mol. The van der Waals surface area contributed by atoms with Gasteiger partial charge in [0.1, 0.15) is 0 Å². The molecule has 0 heterocycles. The van der Waals surface area contributed by atoms with Crippen molar-refractivity contribution in [2.45, 2.75) is 71.1 Å². The summed E-state index contributed by atoms with van der Waals surface area (Å²) in [5.41, 5.74) is 2.43. The summed E-state index contributed by atoms with van der Waals surface area (Å²) in [5.74, 6) is 0. The molecule has 0 saturated heterocycles. The van der Waals surface area contributed by atoms with E-state index in [2.05, 4.69) is 55.2 Å². The van der Waals surface area contributed by atoms with Gasteiger partial charge in [-0.2, -0.15) is 0 Å². The van der Waals surface area contributed by atoms with Crippen molar-refractivity contribution < 1.29 is 0 Å². The first kappa shape index (κ1) is 19.7. The van der Waals surface area contributed by atoms with Crippen LogP contribution < -0.4 is 4.90 Å². The molecule has 0 bridgehead atoms. The average Bonchev–Trinajstić information content (AvgIpc) is 2.56. The molecule has 0 spiro atoms. The van der Waals surface area contributed by atoms with Gasteiger partial charge in [0.2, 0.25) is 0 Å². The van der Waals surface area contributed by atoms with Crippen LogP contribution in [0.25, 0.3) is 0 Å². The molecule has 0 aliphatic carbocycles. The number of benzene rings is 1. The Morgan fingerprint density at radius 2 is 1.30 bits per heavy atom. The van der Waals surface area contributed by atoms with E-state index in [0.29, 0.717) is 0 Å². The summed E-state index contributed by atoms with van der Waals surface area (Å²) in [4.78, 5) is 6.66. The second-order valence-electron chi connectivity index (χ2n) is 6.70. The maximum Gasteiger partial charge on any atom is 0.0389 e. The molecule has 0 N–H and O–H groups in total. The largest absolute Gasteiger partial charge is 0.378 e. The van der Waals surface area contributed by atoms with Gasteiger partial charge in [-0.05, 0) is 24.1 Å². The Labute approximate surface area is 144 Å². The Bertz CT molecular complexity index is 406. The number of anilines is 1. The first-order chi connectivity index (χ1) is 11.2. The number of unbranched alkanes of at least 4 members (excludes halogenated alkanes) is 9. The first-order valence-electron chi connectivity index (χ1n) is 9.51. The third kappa shape index (κ3) is 10.1. The Balaban J connectivity index is 1.98. The maximum absolute atomic E-state index is 4.55. The fourth-order valence-electron chi connectivity index (χ4n) is 2.72. The standard InChI is InChI=1S/C21H36N2/c1-4-5-6-7-8-9-10-11-12-13-18-22-19-20-14-16-21(17-15-20)23(2)3/h14-17,19H,4-13,18H2,1-3H3/b22-19+. The van der Waals surface area contributed by atoms with E-state index in [-0.39, 0.29) is 0 Å². The van der Waals surface area contributed by atoms with E-state index in [9.17, 15) is 0 Å². The van der Waals surface area contributed by atoms with Crippen LogP contribution in [0.3, 0.4) is 0 Å². The van der Waals surface area contributed by atoms with E-state index < -0.39 is 0 Å². The quantitative estimate of drug-likeness (QED) is 0.317. The Morgan fingerprint density at radius 3 is 1.83 bits per heavy atom. The van der Waals surface area contributed by atoms with Gasteiger partial charge in [-0.15, -0.1) is 0 Å². The summed E-state index contributed by atoms with van der Waals surface area (Å²) in [5, 5.41) is 0. The number of rotatable bonds is 13. The molecule has 0 atom stereocenters. The van der Waals surface area contributed by atoms with E-state index in [1.54, 1.807) is 0 Å². The van der Waals surface area contributed by atoms with Crippen LogP contribution in [-0.2, 0) is 0 Å². The van der Waals surface area contributed by atoms with Gasteiger partial charge in [-0.1, -0.05) is 76.8 Å². The highest BCUT2D eigenvalue weighted by Gasteiger charge is 1.94. The topological polar surface area (TPSA) is 15.6 Å². The van der Waals surface area contributed by atoms with E-state index in [1.165, 1.54) is 75.5 Å². The molecule has 0 fully saturated rings. The molecule has 0 saturated carbocycles. The van der Waals surface area contributed by atoms with Crippen LogP contribution in [0.1, 0.15) is 76.7 Å². The summed E-state index contributed by atoms with van der Waals surface area (Å²) in [6, 6.07) is 8.55. The summed E-state index contributed by atoms with van der Waals surface area (Å²) < 4.78 is 0. The van der Waals surface area contributed by atoms with Crippen LogP contribution in [0.4, 0.5) is 5.69 Å². The zero-order valence-electron chi connectivity index (χ0n) is 15.6. The minimum atomic E-state index is 0.964. The van der Waals surface area contributed by atoms with Crippen LogP contribution in [0.2, 0.25) is 0 Å². The van der Waals surface area contributed by atoms with Gasteiger partial charge in [0.05, 0.1) is 0 Å². The number of hydrogen-bond acceptors (Lipinski definition) is 2. The zero-order valence-corrected chi connectivity index (χ0v) is 15.6. The predicted molar refractivity (Wildman–Crippen MR) is 105 cm³/mol. The molecule has 0 aliphatic heterocycles. The molecule has 1 rings (SSSR count). The lowest BCUT2D eigenvalue weighted by Gasteiger charge is -2.11. The first-order valence-corrected chi connectivity index (χ1v) is 9.51. The molecule has 0 amide bonds. The van der Waals surface area contributed by atoms with Gasteiger partial charge < -0.3 is 4.90 Å². The van der Waals surface area contributed by atoms with Crippen molar-refractivity contribution >= 4 is 11.9 Å². The van der Waals surface area contributed by atoms with Crippen LogP contribution >= 0.6 is 0 Å². The Morgan fingerprint density at radius 1 is 0.783 bits per heavy atom. The van der Waals surface area contributed by atoms with E-state index in [1.807, 2.05) is 6.21 Å². The van der Waals surface area contributed by atoms with Crippen molar-refractivity contribution in [3.05, 3.63) is 29.8 Å².